The van der Waals surface area contributed by atoms with Crippen LogP contribution in [-0.2, 0) is 0 Å². The highest BCUT2D eigenvalue weighted by molar-refractivity contribution is 5.36. The van der Waals surface area contributed by atoms with Gasteiger partial charge in [0.2, 0.25) is 0 Å². The van der Waals surface area contributed by atoms with Crippen LogP contribution in [0.4, 0.5) is 0 Å². The molecule has 11 heavy (non-hydrogen) atoms. The zero-order valence-corrected chi connectivity index (χ0v) is 7.35. The first-order chi connectivity index (χ1) is 5.11. The van der Waals surface area contributed by atoms with Gasteiger partial charge in [0.15, 0.2) is 0 Å². The van der Waals surface area contributed by atoms with E-state index >= 15 is 0 Å². The first kappa shape index (κ1) is 6.47. The van der Waals surface area contributed by atoms with Gasteiger partial charge < -0.3 is 5.11 Å². The molecule has 5 fully saturated rings. The third kappa shape index (κ3) is 0.312. The summed E-state index contributed by atoms with van der Waals surface area (Å²) < 4.78 is 0. The highest BCUT2D eigenvalue weighted by Gasteiger charge is 2.88. The summed E-state index contributed by atoms with van der Waals surface area (Å²) in [7, 11) is 0. The van der Waals surface area contributed by atoms with Gasteiger partial charge >= 0.3 is 0 Å². The summed E-state index contributed by atoms with van der Waals surface area (Å²) in [6.07, 6.45) is 4.06. The maximum atomic E-state index is 9.34. The largest absolute Gasteiger partial charge is 0.396 e. The molecule has 0 aromatic heterocycles. The zero-order chi connectivity index (χ0) is 7.91. The molecule has 0 amide bonds. The van der Waals surface area contributed by atoms with Gasteiger partial charge in [-0.15, -0.1) is 0 Å². The molecular formula is C10H16O. The van der Waals surface area contributed by atoms with Gasteiger partial charge in [0.1, 0.15) is 0 Å². The normalized spacial score (nSPS) is 70.6. The number of hydrogen-bond donors (Lipinski definition) is 1. The molecule has 0 spiro atoms. The molecule has 5 aliphatic rings. The van der Waals surface area contributed by atoms with E-state index in [2.05, 4.69) is 13.8 Å². The first-order valence-corrected chi connectivity index (χ1v) is 4.72. The summed E-state index contributed by atoms with van der Waals surface area (Å²) in [5.41, 5.74) is 1.55. The summed E-state index contributed by atoms with van der Waals surface area (Å²) in [6, 6.07) is 0. The third-order valence-corrected chi connectivity index (χ3v) is 5.69. The van der Waals surface area contributed by atoms with Crippen molar-refractivity contribution >= 4 is 0 Å². The highest BCUT2D eigenvalue weighted by Crippen LogP contribution is 2.93. The molecule has 0 unspecified atom stereocenters. The molecule has 5 aliphatic carbocycles. The fourth-order valence-electron chi connectivity index (χ4n) is 4.83. The van der Waals surface area contributed by atoms with E-state index in [0.29, 0.717) is 22.9 Å². The van der Waals surface area contributed by atoms with Crippen LogP contribution in [0.5, 0.6) is 0 Å². The second-order valence-corrected chi connectivity index (χ2v) is 5.33. The Balaban J connectivity index is 2.08. The van der Waals surface area contributed by atoms with Crippen molar-refractivity contribution < 1.29 is 5.11 Å². The molecule has 1 N–H and O–H groups in total. The van der Waals surface area contributed by atoms with Crippen molar-refractivity contribution in [2.45, 2.75) is 33.1 Å². The third-order valence-electron chi connectivity index (χ3n) is 5.69. The number of aliphatic hydroxyl groups excluding tert-OH is 1. The lowest BCUT2D eigenvalue weighted by Gasteiger charge is -2.82. The minimum atomic E-state index is 0.391. The van der Waals surface area contributed by atoms with Crippen molar-refractivity contribution in [3.05, 3.63) is 0 Å². The minimum Gasteiger partial charge on any atom is -0.396 e. The lowest BCUT2D eigenvalue weighted by molar-refractivity contribution is -0.361. The number of hydrogen-bond acceptors (Lipinski definition) is 1. The standard InChI is InChI=1S/C10H16O/c1-8-5-10(6-11)7(8)3-4-9(8,10)2/h7,11H,3-6H2,1-2H3/t7-,8-,9+,10+/m1/s1. The lowest BCUT2D eigenvalue weighted by Crippen LogP contribution is -2.79. The van der Waals surface area contributed by atoms with E-state index in [1.165, 1.54) is 19.3 Å². The van der Waals surface area contributed by atoms with Crippen molar-refractivity contribution in [2.24, 2.45) is 22.2 Å². The van der Waals surface area contributed by atoms with Crippen LogP contribution >= 0.6 is 0 Å². The Bertz CT molecular complexity index is 237. The van der Waals surface area contributed by atoms with Crippen molar-refractivity contribution in [2.75, 3.05) is 6.61 Å². The Morgan fingerprint density at radius 3 is 2.45 bits per heavy atom. The van der Waals surface area contributed by atoms with Crippen LogP contribution in [0.3, 0.4) is 0 Å². The lowest BCUT2D eigenvalue weighted by atomic mass is 9.22. The predicted octanol–water partition coefficient (Wildman–Crippen LogP) is 1.80. The Morgan fingerprint density at radius 2 is 2.18 bits per heavy atom. The number of aliphatic hydroxyl groups is 1. The molecule has 0 aliphatic heterocycles. The van der Waals surface area contributed by atoms with Gasteiger partial charge in [-0.1, -0.05) is 13.8 Å². The summed E-state index contributed by atoms with van der Waals surface area (Å²) in [5, 5.41) is 9.34. The molecule has 1 nitrogen and oxygen atoms in total. The molecule has 62 valence electrons. The van der Waals surface area contributed by atoms with Crippen LogP contribution in [-0.4, -0.2) is 11.7 Å². The molecule has 5 rings (SSSR count). The van der Waals surface area contributed by atoms with Gasteiger partial charge in [-0.25, -0.2) is 0 Å². The van der Waals surface area contributed by atoms with Crippen molar-refractivity contribution in [1.82, 2.24) is 0 Å². The topological polar surface area (TPSA) is 20.2 Å². The average molecular weight is 152 g/mol. The SMILES string of the molecule is C[C@@]12CC[C@H]3[C@@]1(CO)C[C@]32C. The summed E-state index contributed by atoms with van der Waals surface area (Å²) >= 11 is 0. The van der Waals surface area contributed by atoms with E-state index in [9.17, 15) is 5.11 Å². The van der Waals surface area contributed by atoms with Crippen LogP contribution in [0.1, 0.15) is 33.1 Å². The fraction of sp³-hybridized carbons (Fsp3) is 1.00. The van der Waals surface area contributed by atoms with Crippen LogP contribution in [0.2, 0.25) is 0 Å². The van der Waals surface area contributed by atoms with E-state index in [1.807, 2.05) is 0 Å². The van der Waals surface area contributed by atoms with E-state index in [0.717, 1.165) is 5.92 Å². The van der Waals surface area contributed by atoms with Crippen molar-refractivity contribution in [3.63, 3.8) is 0 Å². The Morgan fingerprint density at radius 1 is 1.45 bits per heavy atom. The Kier molecular flexibility index (Phi) is 0.755. The number of fused-ring (bicyclic) bond motifs is 1. The molecule has 0 radical (unpaired) electrons. The quantitative estimate of drug-likeness (QED) is 0.607. The van der Waals surface area contributed by atoms with Gasteiger partial charge in [0.05, 0.1) is 0 Å². The summed E-state index contributed by atoms with van der Waals surface area (Å²) in [5.74, 6) is 0.880. The maximum absolute atomic E-state index is 9.34. The van der Waals surface area contributed by atoms with Crippen LogP contribution in [0.15, 0.2) is 0 Å². The predicted molar refractivity (Wildman–Crippen MR) is 43.1 cm³/mol. The molecule has 0 aromatic rings. The molecule has 0 heterocycles. The van der Waals surface area contributed by atoms with Gasteiger partial charge in [-0.2, -0.15) is 0 Å². The summed E-state index contributed by atoms with van der Waals surface area (Å²) in [4.78, 5) is 0. The van der Waals surface area contributed by atoms with Gasteiger partial charge in [-0.3, -0.25) is 0 Å². The van der Waals surface area contributed by atoms with E-state index < -0.39 is 0 Å². The maximum Gasteiger partial charge on any atom is 0.0495 e. The smallest absolute Gasteiger partial charge is 0.0495 e. The molecule has 4 atom stereocenters. The van der Waals surface area contributed by atoms with E-state index in [4.69, 9.17) is 0 Å². The van der Waals surface area contributed by atoms with Crippen molar-refractivity contribution in [3.8, 4) is 0 Å². The molecular weight excluding hydrogens is 136 g/mol. The van der Waals surface area contributed by atoms with Crippen LogP contribution in [0, 0.1) is 22.2 Å². The first-order valence-electron chi connectivity index (χ1n) is 4.72. The second-order valence-electron chi connectivity index (χ2n) is 5.33. The van der Waals surface area contributed by atoms with Gasteiger partial charge in [0, 0.05) is 12.0 Å². The van der Waals surface area contributed by atoms with Gasteiger partial charge in [0.25, 0.3) is 0 Å². The number of rotatable bonds is 1. The molecule has 1 heteroatoms. The van der Waals surface area contributed by atoms with Crippen LogP contribution in [0.25, 0.3) is 0 Å². The zero-order valence-electron chi connectivity index (χ0n) is 7.35. The monoisotopic (exact) mass is 152 g/mol. The van der Waals surface area contributed by atoms with Gasteiger partial charge in [-0.05, 0) is 36.0 Å². The highest BCUT2D eigenvalue weighted by atomic mass is 16.3. The van der Waals surface area contributed by atoms with E-state index in [1.54, 1.807) is 0 Å². The van der Waals surface area contributed by atoms with Crippen molar-refractivity contribution in [1.29, 1.82) is 0 Å². The molecule has 4 bridgehead atoms. The Hall–Kier alpha value is -0.0400. The fourth-order valence-corrected chi connectivity index (χ4v) is 4.83. The van der Waals surface area contributed by atoms with Crippen LogP contribution < -0.4 is 0 Å². The average Bonchev–Trinajstić information content (AvgIpc) is 2.34. The minimum absolute atomic E-state index is 0.391. The Labute approximate surface area is 67.8 Å². The van der Waals surface area contributed by atoms with E-state index in [-0.39, 0.29) is 0 Å². The summed E-state index contributed by atoms with van der Waals surface area (Å²) in [6.45, 7) is 5.25. The molecule has 0 saturated heterocycles. The second kappa shape index (κ2) is 1.28. The molecule has 5 saturated carbocycles. The molecule has 0 aromatic carbocycles.